The van der Waals surface area contributed by atoms with Gasteiger partial charge in [0.1, 0.15) is 6.29 Å². The van der Waals surface area contributed by atoms with Crippen molar-refractivity contribution in [1.29, 1.82) is 0 Å². The maximum atomic E-state index is 11.1. The van der Waals surface area contributed by atoms with Crippen LogP contribution in [0.4, 0.5) is 0 Å². The van der Waals surface area contributed by atoms with Crippen LogP contribution in [0.5, 0.6) is 0 Å². The fourth-order valence-corrected chi connectivity index (χ4v) is 3.07. The predicted octanol–water partition coefficient (Wildman–Crippen LogP) is 6.09. The van der Waals surface area contributed by atoms with Gasteiger partial charge in [-0.3, -0.25) is 0 Å². The van der Waals surface area contributed by atoms with E-state index in [1.165, 1.54) is 18.4 Å². The Balaban J connectivity index is 3.03. The average molecular weight is 300 g/mol. The van der Waals surface area contributed by atoms with E-state index in [4.69, 9.17) is 0 Å². The topological polar surface area (TPSA) is 17.1 Å². The van der Waals surface area contributed by atoms with Crippen molar-refractivity contribution in [2.24, 2.45) is 5.41 Å². The Bertz CT molecular complexity index is 462. The van der Waals surface area contributed by atoms with Gasteiger partial charge in [-0.05, 0) is 23.8 Å². The summed E-state index contributed by atoms with van der Waals surface area (Å²) in [5.74, 6) is 0. The number of carbonyl (C=O) groups excluding carboxylic acids is 1. The molecule has 0 unspecified atom stereocenters. The second-order valence-corrected chi connectivity index (χ2v) is 7.00. The van der Waals surface area contributed by atoms with Crippen molar-refractivity contribution in [2.45, 2.75) is 71.6 Å². The van der Waals surface area contributed by atoms with Crippen molar-refractivity contribution in [3.8, 4) is 0 Å². The highest BCUT2D eigenvalue weighted by atomic mass is 16.1. The molecule has 0 N–H and O–H groups in total. The highest BCUT2D eigenvalue weighted by Crippen LogP contribution is 2.35. The summed E-state index contributed by atoms with van der Waals surface area (Å²) in [7, 11) is 0. The van der Waals surface area contributed by atoms with Gasteiger partial charge in [-0.25, -0.2) is 0 Å². The van der Waals surface area contributed by atoms with Gasteiger partial charge >= 0.3 is 0 Å². The lowest BCUT2D eigenvalue weighted by Gasteiger charge is -2.30. The Morgan fingerprint density at radius 1 is 0.955 bits per heavy atom. The largest absolute Gasteiger partial charge is 0.303 e. The number of benzene rings is 1. The van der Waals surface area contributed by atoms with E-state index in [9.17, 15) is 4.79 Å². The fraction of sp³-hybridized carbons (Fsp3) is 0.571. The number of aldehydes is 1. The molecule has 122 valence electrons. The molecule has 0 fully saturated rings. The molecule has 0 spiro atoms. The van der Waals surface area contributed by atoms with Gasteiger partial charge in [0.05, 0.1) is 0 Å². The molecule has 0 bridgehead atoms. The Morgan fingerprint density at radius 3 is 2.18 bits per heavy atom. The van der Waals surface area contributed by atoms with Gasteiger partial charge in [0.2, 0.25) is 0 Å². The molecule has 0 aliphatic heterocycles. The first kappa shape index (κ1) is 18.7. The van der Waals surface area contributed by atoms with Crippen LogP contribution in [0.3, 0.4) is 0 Å². The first-order valence-corrected chi connectivity index (χ1v) is 8.69. The van der Waals surface area contributed by atoms with E-state index in [2.05, 4.69) is 70.2 Å². The molecule has 1 aromatic rings. The standard InChI is InChI=1S/C21H32O/c1-5-7-14-20(3,17-18-22)15-16-21(4,13-6-2)19-11-9-8-10-12-19/h8-12,15-16,18H,5-7,13-14,17H2,1-4H3/b16-15+/t20-,21+/m1/s1. The molecule has 0 aliphatic rings. The highest BCUT2D eigenvalue weighted by Gasteiger charge is 2.25. The molecule has 1 heteroatoms. The first-order chi connectivity index (χ1) is 10.5. The van der Waals surface area contributed by atoms with Crippen LogP contribution in [-0.4, -0.2) is 6.29 Å². The van der Waals surface area contributed by atoms with Crippen LogP contribution in [0.2, 0.25) is 0 Å². The lowest BCUT2D eigenvalue weighted by Crippen LogP contribution is -2.21. The SMILES string of the molecule is CCCC[C@](C)(/C=C/[C@](C)(CCC)c1ccccc1)CC=O. The molecular formula is C21H32O. The number of unbranched alkanes of at least 4 members (excludes halogenated alkanes) is 1. The van der Waals surface area contributed by atoms with Gasteiger partial charge < -0.3 is 4.79 Å². The van der Waals surface area contributed by atoms with Gasteiger partial charge in [-0.2, -0.15) is 0 Å². The summed E-state index contributed by atoms with van der Waals surface area (Å²) in [4.78, 5) is 11.1. The highest BCUT2D eigenvalue weighted by molar-refractivity contribution is 5.51. The molecule has 0 saturated heterocycles. The van der Waals surface area contributed by atoms with Gasteiger partial charge in [0.15, 0.2) is 0 Å². The molecule has 0 amide bonds. The zero-order valence-corrected chi connectivity index (χ0v) is 14.8. The third kappa shape index (κ3) is 5.44. The van der Waals surface area contributed by atoms with E-state index in [-0.39, 0.29) is 10.8 Å². The van der Waals surface area contributed by atoms with Crippen molar-refractivity contribution >= 4 is 6.29 Å². The predicted molar refractivity (Wildman–Crippen MR) is 96.2 cm³/mol. The van der Waals surface area contributed by atoms with Crippen molar-refractivity contribution in [1.82, 2.24) is 0 Å². The summed E-state index contributed by atoms with van der Waals surface area (Å²) in [6.07, 6.45) is 12.0. The van der Waals surface area contributed by atoms with E-state index in [0.29, 0.717) is 6.42 Å². The van der Waals surface area contributed by atoms with E-state index < -0.39 is 0 Å². The Kier molecular flexibility index (Phi) is 7.58. The lowest BCUT2D eigenvalue weighted by molar-refractivity contribution is -0.109. The zero-order valence-electron chi connectivity index (χ0n) is 14.8. The summed E-state index contributed by atoms with van der Waals surface area (Å²) in [6, 6.07) is 10.7. The maximum Gasteiger partial charge on any atom is 0.120 e. The van der Waals surface area contributed by atoms with Crippen molar-refractivity contribution < 1.29 is 4.79 Å². The van der Waals surface area contributed by atoms with Crippen molar-refractivity contribution in [3.05, 3.63) is 48.0 Å². The van der Waals surface area contributed by atoms with Gasteiger partial charge in [-0.1, -0.05) is 89.4 Å². The number of hydrogen-bond acceptors (Lipinski definition) is 1. The minimum atomic E-state index is -0.0124. The molecule has 0 aliphatic carbocycles. The van der Waals surface area contributed by atoms with E-state index in [0.717, 1.165) is 25.5 Å². The normalized spacial score (nSPS) is 17.1. The van der Waals surface area contributed by atoms with Crippen LogP contribution in [0, 0.1) is 5.41 Å². The van der Waals surface area contributed by atoms with E-state index in [1.54, 1.807) is 0 Å². The van der Waals surface area contributed by atoms with Crippen molar-refractivity contribution in [2.75, 3.05) is 0 Å². The molecule has 2 atom stereocenters. The van der Waals surface area contributed by atoms with Crippen LogP contribution >= 0.6 is 0 Å². The summed E-state index contributed by atoms with van der Waals surface area (Å²) >= 11 is 0. The second-order valence-electron chi connectivity index (χ2n) is 7.00. The van der Waals surface area contributed by atoms with Crippen molar-refractivity contribution in [3.63, 3.8) is 0 Å². The maximum absolute atomic E-state index is 11.1. The minimum absolute atomic E-state index is 0.0124. The monoisotopic (exact) mass is 300 g/mol. The molecule has 0 saturated carbocycles. The van der Waals surface area contributed by atoms with Crippen LogP contribution in [0.25, 0.3) is 0 Å². The molecule has 0 radical (unpaired) electrons. The zero-order chi connectivity index (χ0) is 16.5. The van der Waals surface area contributed by atoms with Gasteiger partial charge in [0.25, 0.3) is 0 Å². The van der Waals surface area contributed by atoms with Crippen LogP contribution in [0.15, 0.2) is 42.5 Å². The summed E-state index contributed by atoms with van der Waals surface area (Å²) < 4.78 is 0. The average Bonchev–Trinajstić information content (AvgIpc) is 2.53. The Labute approximate surface area is 136 Å². The molecule has 1 nitrogen and oxygen atoms in total. The Morgan fingerprint density at radius 2 is 1.64 bits per heavy atom. The van der Waals surface area contributed by atoms with Gasteiger partial charge in [0, 0.05) is 11.8 Å². The van der Waals surface area contributed by atoms with Crippen LogP contribution in [-0.2, 0) is 10.2 Å². The first-order valence-electron chi connectivity index (χ1n) is 8.69. The number of carbonyl (C=O) groups is 1. The van der Waals surface area contributed by atoms with Crippen LogP contribution < -0.4 is 0 Å². The quantitative estimate of drug-likeness (QED) is 0.377. The third-order valence-electron chi connectivity index (χ3n) is 4.71. The summed E-state index contributed by atoms with van der Waals surface area (Å²) in [6.45, 7) is 8.96. The smallest absolute Gasteiger partial charge is 0.120 e. The molecule has 1 aromatic carbocycles. The lowest BCUT2D eigenvalue weighted by atomic mass is 9.74. The molecular weight excluding hydrogens is 268 g/mol. The summed E-state index contributed by atoms with van der Waals surface area (Å²) in [5, 5.41) is 0. The molecule has 0 heterocycles. The fourth-order valence-electron chi connectivity index (χ4n) is 3.07. The second kappa shape index (κ2) is 8.92. The molecule has 22 heavy (non-hydrogen) atoms. The minimum Gasteiger partial charge on any atom is -0.303 e. The Hall–Kier alpha value is -1.37. The van der Waals surface area contributed by atoms with E-state index >= 15 is 0 Å². The van der Waals surface area contributed by atoms with E-state index in [1.807, 2.05) is 0 Å². The number of rotatable bonds is 10. The van der Waals surface area contributed by atoms with Gasteiger partial charge in [-0.15, -0.1) is 0 Å². The molecule has 1 rings (SSSR count). The van der Waals surface area contributed by atoms with Crippen LogP contribution in [0.1, 0.15) is 71.8 Å². The third-order valence-corrected chi connectivity index (χ3v) is 4.71. The summed E-state index contributed by atoms with van der Waals surface area (Å²) in [5.41, 5.74) is 1.39. The number of allylic oxidation sites excluding steroid dienone is 2. The molecule has 0 aromatic heterocycles. The number of hydrogen-bond donors (Lipinski definition) is 0.